The lowest BCUT2D eigenvalue weighted by Gasteiger charge is -2.39. The van der Waals surface area contributed by atoms with Gasteiger partial charge >= 0.3 is 0 Å². The molecule has 28 heavy (non-hydrogen) atoms. The average molecular weight is 382 g/mol. The first-order valence-electron chi connectivity index (χ1n) is 10.7. The molecule has 0 bridgehead atoms. The van der Waals surface area contributed by atoms with Crippen molar-refractivity contribution in [1.29, 1.82) is 0 Å². The van der Waals surface area contributed by atoms with Gasteiger partial charge in [0.25, 0.3) is 5.91 Å². The summed E-state index contributed by atoms with van der Waals surface area (Å²) in [4.78, 5) is 22.3. The molecule has 6 nitrogen and oxygen atoms in total. The zero-order chi connectivity index (χ0) is 19.2. The number of nitrogens with zero attached hydrogens (tertiary/aromatic N) is 5. The second kappa shape index (κ2) is 9.32. The van der Waals surface area contributed by atoms with Gasteiger partial charge in [0.2, 0.25) is 0 Å². The van der Waals surface area contributed by atoms with Gasteiger partial charge in [-0.1, -0.05) is 31.0 Å². The topological polar surface area (TPSA) is 54.3 Å². The summed E-state index contributed by atoms with van der Waals surface area (Å²) in [5.74, 6) is 0.176. The van der Waals surface area contributed by atoms with Crippen LogP contribution in [0.5, 0.6) is 0 Å². The second-order valence-corrected chi connectivity index (χ2v) is 8.11. The third-order valence-electron chi connectivity index (χ3n) is 6.10. The smallest absolute Gasteiger partial charge is 0.254 e. The normalized spacial score (nSPS) is 21.4. The minimum absolute atomic E-state index is 0.176. The number of rotatable bonds is 5. The molecule has 150 valence electrons. The average Bonchev–Trinajstić information content (AvgIpc) is 3.10. The van der Waals surface area contributed by atoms with Crippen LogP contribution in [0.15, 0.2) is 36.9 Å². The summed E-state index contributed by atoms with van der Waals surface area (Å²) in [6.45, 7) is 4.83. The number of piperidine rings is 1. The SMILES string of the molecule is O=C(c1ccccc1Cn1cncn1)N1CCCC[C@@H]1CN1CCCCCC1. The molecule has 2 aliphatic rings. The number of amides is 1. The van der Waals surface area contributed by atoms with Gasteiger partial charge in [-0.15, -0.1) is 0 Å². The molecule has 0 unspecified atom stereocenters. The lowest BCUT2D eigenvalue weighted by atomic mass is 9.98. The molecule has 2 fully saturated rings. The molecule has 0 spiro atoms. The van der Waals surface area contributed by atoms with Crippen LogP contribution in [0.3, 0.4) is 0 Å². The molecule has 2 aromatic rings. The minimum atomic E-state index is 0.176. The van der Waals surface area contributed by atoms with Gasteiger partial charge in [0, 0.05) is 24.7 Å². The molecular formula is C22H31N5O. The van der Waals surface area contributed by atoms with Crippen LogP contribution in [-0.2, 0) is 6.54 Å². The molecule has 1 aromatic carbocycles. The zero-order valence-electron chi connectivity index (χ0n) is 16.7. The highest BCUT2D eigenvalue weighted by Gasteiger charge is 2.30. The summed E-state index contributed by atoms with van der Waals surface area (Å²) in [5, 5.41) is 4.20. The Morgan fingerprint density at radius 2 is 1.79 bits per heavy atom. The highest BCUT2D eigenvalue weighted by Crippen LogP contribution is 2.23. The number of carbonyl (C=O) groups is 1. The Labute approximate surface area is 167 Å². The number of likely N-dealkylation sites (tertiary alicyclic amines) is 2. The van der Waals surface area contributed by atoms with Gasteiger partial charge < -0.3 is 9.80 Å². The maximum absolute atomic E-state index is 13.5. The van der Waals surface area contributed by atoms with Crippen molar-refractivity contribution < 1.29 is 4.79 Å². The van der Waals surface area contributed by atoms with Gasteiger partial charge in [-0.05, 0) is 56.8 Å². The van der Waals surface area contributed by atoms with E-state index in [1.807, 2.05) is 24.3 Å². The summed E-state index contributed by atoms with van der Waals surface area (Å²) < 4.78 is 1.77. The van der Waals surface area contributed by atoms with Gasteiger partial charge in [0.15, 0.2) is 0 Å². The summed E-state index contributed by atoms with van der Waals surface area (Å²) in [5.41, 5.74) is 1.82. The highest BCUT2D eigenvalue weighted by atomic mass is 16.2. The van der Waals surface area contributed by atoms with Crippen LogP contribution in [-0.4, -0.2) is 62.7 Å². The standard InChI is InChI=1S/C22H31N5O/c28-22(21-11-4-3-9-19(21)15-26-18-23-17-24-26)27-14-8-5-10-20(27)16-25-12-6-1-2-7-13-25/h3-4,9,11,17-18,20H,1-2,5-8,10,12-16H2/t20-/m1/s1. The first-order chi connectivity index (χ1) is 13.8. The predicted octanol–water partition coefficient (Wildman–Crippen LogP) is 3.20. The van der Waals surface area contributed by atoms with Crippen LogP contribution in [0.2, 0.25) is 0 Å². The molecule has 4 rings (SSSR count). The van der Waals surface area contributed by atoms with Crippen molar-refractivity contribution in [3.8, 4) is 0 Å². The van der Waals surface area contributed by atoms with Gasteiger partial charge in [-0.2, -0.15) is 5.10 Å². The number of benzene rings is 1. The van der Waals surface area contributed by atoms with E-state index in [9.17, 15) is 4.79 Å². The molecule has 0 aliphatic carbocycles. The number of aromatic nitrogens is 3. The van der Waals surface area contributed by atoms with E-state index in [1.54, 1.807) is 11.0 Å². The fourth-order valence-corrected chi connectivity index (χ4v) is 4.58. The Kier molecular flexibility index (Phi) is 6.37. The van der Waals surface area contributed by atoms with Gasteiger partial charge in [-0.3, -0.25) is 4.79 Å². The maximum Gasteiger partial charge on any atom is 0.254 e. The minimum Gasteiger partial charge on any atom is -0.334 e. The molecule has 1 amide bonds. The molecule has 0 N–H and O–H groups in total. The van der Waals surface area contributed by atoms with E-state index in [2.05, 4.69) is 19.9 Å². The van der Waals surface area contributed by atoms with E-state index in [0.29, 0.717) is 12.6 Å². The van der Waals surface area contributed by atoms with Crippen molar-refractivity contribution >= 4 is 5.91 Å². The lowest BCUT2D eigenvalue weighted by molar-refractivity contribution is 0.0546. The molecule has 1 aromatic heterocycles. The third-order valence-corrected chi connectivity index (χ3v) is 6.10. The molecule has 1 atom stereocenters. The second-order valence-electron chi connectivity index (χ2n) is 8.11. The highest BCUT2D eigenvalue weighted by molar-refractivity contribution is 5.96. The molecule has 3 heterocycles. The van der Waals surface area contributed by atoms with Crippen LogP contribution >= 0.6 is 0 Å². The molecule has 6 heteroatoms. The van der Waals surface area contributed by atoms with Gasteiger partial charge in [-0.25, -0.2) is 9.67 Å². The Hall–Kier alpha value is -2.21. The van der Waals surface area contributed by atoms with Gasteiger partial charge in [0.1, 0.15) is 12.7 Å². The zero-order valence-corrected chi connectivity index (χ0v) is 16.7. The quantitative estimate of drug-likeness (QED) is 0.798. The van der Waals surface area contributed by atoms with Gasteiger partial charge in [0.05, 0.1) is 6.54 Å². The third kappa shape index (κ3) is 4.61. The van der Waals surface area contributed by atoms with Crippen LogP contribution in [0.25, 0.3) is 0 Å². The number of hydrogen-bond donors (Lipinski definition) is 0. The first-order valence-corrected chi connectivity index (χ1v) is 10.7. The number of hydrogen-bond acceptors (Lipinski definition) is 4. The van der Waals surface area contributed by atoms with Crippen molar-refractivity contribution in [2.75, 3.05) is 26.2 Å². The summed E-state index contributed by atoms with van der Waals surface area (Å²) in [6, 6.07) is 8.29. The largest absolute Gasteiger partial charge is 0.334 e. The van der Waals surface area contributed by atoms with Crippen LogP contribution in [0.4, 0.5) is 0 Å². The van der Waals surface area contributed by atoms with E-state index < -0.39 is 0 Å². The van der Waals surface area contributed by atoms with Crippen LogP contribution in [0, 0.1) is 0 Å². The van der Waals surface area contributed by atoms with E-state index in [1.165, 1.54) is 51.5 Å². The maximum atomic E-state index is 13.5. The van der Waals surface area contributed by atoms with Crippen LogP contribution in [0.1, 0.15) is 60.9 Å². The van der Waals surface area contributed by atoms with E-state index >= 15 is 0 Å². The van der Waals surface area contributed by atoms with E-state index in [-0.39, 0.29) is 5.91 Å². The number of carbonyl (C=O) groups excluding carboxylic acids is 1. The predicted molar refractivity (Wildman–Crippen MR) is 109 cm³/mol. The van der Waals surface area contributed by atoms with E-state index in [0.717, 1.165) is 37.1 Å². The molecule has 2 saturated heterocycles. The Bertz CT molecular complexity index is 752. The summed E-state index contributed by atoms with van der Waals surface area (Å²) in [7, 11) is 0. The van der Waals surface area contributed by atoms with E-state index in [4.69, 9.17) is 0 Å². The monoisotopic (exact) mass is 381 g/mol. The Morgan fingerprint density at radius 1 is 1.00 bits per heavy atom. The molecular weight excluding hydrogens is 350 g/mol. The van der Waals surface area contributed by atoms with Crippen molar-refractivity contribution in [3.05, 3.63) is 48.0 Å². The lowest BCUT2D eigenvalue weighted by Crippen LogP contribution is -2.49. The fourth-order valence-electron chi connectivity index (χ4n) is 4.58. The van der Waals surface area contributed by atoms with Crippen molar-refractivity contribution in [1.82, 2.24) is 24.6 Å². The first kappa shape index (κ1) is 19.1. The van der Waals surface area contributed by atoms with Crippen molar-refractivity contribution in [2.45, 2.75) is 57.5 Å². The Morgan fingerprint density at radius 3 is 2.57 bits per heavy atom. The molecule has 0 radical (unpaired) electrons. The molecule has 0 saturated carbocycles. The Balaban J connectivity index is 1.50. The van der Waals surface area contributed by atoms with Crippen molar-refractivity contribution in [3.63, 3.8) is 0 Å². The fraction of sp³-hybridized carbons (Fsp3) is 0.591. The molecule has 2 aliphatic heterocycles. The summed E-state index contributed by atoms with van der Waals surface area (Å²) in [6.07, 6.45) is 12.0. The summed E-state index contributed by atoms with van der Waals surface area (Å²) >= 11 is 0. The van der Waals surface area contributed by atoms with Crippen molar-refractivity contribution in [2.24, 2.45) is 0 Å². The van der Waals surface area contributed by atoms with Crippen LogP contribution < -0.4 is 0 Å².